The van der Waals surface area contributed by atoms with Gasteiger partial charge in [-0.15, -0.1) is 0 Å². The first kappa shape index (κ1) is 19.7. The van der Waals surface area contributed by atoms with Gasteiger partial charge in [0.2, 0.25) is 5.91 Å². The Hall–Kier alpha value is -3.02. The number of hydrogen-bond donors (Lipinski definition) is 2. The molecule has 1 aliphatic heterocycles. The highest BCUT2D eigenvalue weighted by atomic mass is 16.1. The van der Waals surface area contributed by atoms with Gasteiger partial charge < -0.3 is 20.9 Å². The summed E-state index contributed by atoms with van der Waals surface area (Å²) in [7, 11) is 1.82. The Balaban J connectivity index is 1.56. The number of carbonyl (C=O) groups excluding carboxylic acids is 1. The molecule has 3 N–H and O–H groups in total. The summed E-state index contributed by atoms with van der Waals surface area (Å²) in [5.74, 6) is 0.497. The minimum Gasteiger partial charge on any atom is -0.368 e. The molecule has 1 fully saturated rings. The van der Waals surface area contributed by atoms with E-state index in [1.807, 2.05) is 19.2 Å². The van der Waals surface area contributed by atoms with Crippen LogP contribution >= 0.6 is 0 Å². The molecule has 3 rings (SSSR count). The van der Waals surface area contributed by atoms with E-state index < -0.39 is 5.91 Å². The minimum absolute atomic E-state index is 0.406. The molecule has 1 amide bonds. The Labute approximate surface area is 167 Å². The number of benzene rings is 2. The zero-order valence-corrected chi connectivity index (χ0v) is 16.9. The quantitative estimate of drug-likeness (QED) is 0.631. The van der Waals surface area contributed by atoms with Gasteiger partial charge in [-0.25, -0.2) is 0 Å². The second-order valence-electron chi connectivity index (χ2n) is 7.16. The number of rotatable bonds is 4. The van der Waals surface area contributed by atoms with Crippen LogP contribution in [-0.2, 0) is 6.54 Å². The number of nitrogens with two attached hydrogens (primary N) is 1. The van der Waals surface area contributed by atoms with Crippen molar-refractivity contribution in [1.82, 2.24) is 10.2 Å². The van der Waals surface area contributed by atoms with Crippen LogP contribution in [0.3, 0.4) is 0 Å². The molecular formula is C22H29N5O. The smallest absolute Gasteiger partial charge is 0.248 e. The average molecular weight is 380 g/mol. The average Bonchev–Trinajstić information content (AvgIpc) is 2.71. The lowest BCUT2D eigenvalue weighted by Crippen LogP contribution is -2.52. The van der Waals surface area contributed by atoms with Crippen LogP contribution in [0.4, 0.5) is 5.69 Å². The molecule has 6 heteroatoms. The van der Waals surface area contributed by atoms with Crippen molar-refractivity contribution >= 4 is 17.6 Å². The maximum Gasteiger partial charge on any atom is 0.248 e. The molecule has 1 heterocycles. The number of guanidine groups is 1. The third-order valence-electron chi connectivity index (χ3n) is 5.40. The van der Waals surface area contributed by atoms with Crippen LogP contribution in [0.25, 0.3) is 0 Å². The Morgan fingerprint density at radius 2 is 1.75 bits per heavy atom. The number of aliphatic imine (C=N–C) groups is 1. The third-order valence-corrected chi connectivity index (χ3v) is 5.40. The first-order chi connectivity index (χ1) is 13.5. The van der Waals surface area contributed by atoms with Crippen molar-refractivity contribution in [2.24, 2.45) is 10.7 Å². The summed E-state index contributed by atoms with van der Waals surface area (Å²) in [6.07, 6.45) is 0. The number of amides is 1. The summed E-state index contributed by atoms with van der Waals surface area (Å²) in [5.41, 5.74) is 10.9. The van der Waals surface area contributed by atoms with E-state index in [-0.39, 0.29) is 0 Å². The van der Waals surface area contributed by atoms with E-state index in [1.54, 1.807) is 12.1 Å². The zero-order chi connectivity index (χ0) is 20.1. The van der Waals surface area contributed by atoms with E-state index in [0.717, 1.165) is 37.7 Å². The summed E-state index contributed by atoms with van der Waals surface area (Å²) in [6, 6.07) is 13.8. The Morgan fingerprint density at radius 3 is 2.36 bits per heavy atom. The van der Waals surface area contributed by atoms with Gasteiger partial charge in [0, 0.05) is 51.0 Å². The van der Waals surface area contributed by atoms with Gasteiger partial charge in [-0.2, -0.15) is 0 Å². The number of piperazine rings is 1. The number of anilines is 1. The fourth-order valence-electron chi connectivity index (χ4n) is 3.54. The molecule has 0 unspecified atom stereocenters. The van der Waals surface area contributed by atoms with Crippen molar-refractivity contribution in [1.29, 1.82) is 0 Å². The molecule has 0 aromatic heterocycles. The molecule has 0 saturated carbocycles. The Bertz CT molecular complexity index is 852. The molecule has 6 nitrogen and oxygen atoms in total. The minimum atomic E-state index is -0.406. The number of hydrogen-bond acceptors (Lipinski definition) is 3. The molecule has 2 aromatic carbocycles. The second-order valence-corrected chi connectivity index (χ2v) is 7.16. The molecular weight excluding hydrogens is 350 g/mol. The highest BCUT2D eigenvalue weighted by Gasteiger charge is 2.21. The Kier molecular flexibility index (Phi) is 6.19. The van der Waals surface area contributed by atoms with Crippen molar-refractivity contribution in [2.45, 2.75) is 20.4 Å². The summed E-state index contributed by atoms with van der Waals surface area (Å²) in [4.78, 5) is 20.4. The van der Waals surface area contributed by atoms with Crippen LogP contribution in [0, 0.1) is 13.8 Å². The number of aryl methyl sites for hydroxylation is 1. The summed E-state index contributed by atoms with van der Waals surface area (Å²) < 4.78 is 0. The van der Waals surface area contributed by atoms with Gasteiger partial charge in [0.1, 0.15) is 0 Å². The number of nitrogens with zero attached hydrogens (tertiary/aromatic N) is 3. The van der Waals surface area contributed by atoms with Gasteiger partial charge >= 0.3 is 0 Å². The SMILES string of the molecule is CN=C(NCc1ccc(C(N)=O)cc1)N1CCN(c2cccc(C)c2C)CC1. The van der Waals surface area contributed by atoms with E-state index in [2.05, 4.69) is 52.2 Å². The number of nitrogens with one attached hydrogen (secondary N) is 1. The van der Waals surface area contributed by atoms with Crippen molar-refractivity contribution in [3.63, 3.8) is 0 Å². The van der Waals surface area contributed by atoms with Crippen molar-refractivity contribution in [3.8, 4) is 0 Å². The highest BCUT2D eigenvalue weighted by Crippen LogP contribution is 2.23. The van der Waals surface area contributed by atoms with Crippen molar-refractivity contribution in [3.05, 3.63) is 64.7 Å². The molecule has 28 heavy (non-hydrogen) atoms. The molecule has 0 aliphatic carbocycles. The lowest BCUT2D eigenvalue weighted by molar-refractivity contribution is 0.100. The van der Waals surface area contributed by atoms with E-state index in [4.69, 9.17) is 5.73 Å². The van der Waals surface area contributed by atoms with Gasteiger partial charge in [0.15, 0.2) is 5.96 Å². The van der Waals surface area contributed by atoms with Gasteiger partial charge in [-0.1, -0.05) is 24.3 Å². The number of primary amides is 1. The molecule has 1 aliphatic rings. The van der Waals surface area contributed by atoms with Gasteiger partial charge in [0.25, 0.3) is 0 Å². The van der Waals surface area contributed by atoms with Gasteiger partial charge in [-0.05, 0) is 48.7 Å². The van der Waals surface area contributed by atoms with Crippen LogP contribution in [0.1, 0.15) is 27.0 Å². The van der Waals surface area contributed by atoms with E-state index in [1.165, 1.54) is 16.8 Å². The monoisotopic (exact) mass is 379 g/mol. The lowest BCUT2D eigenvalue weighted by atomic mass is 10.1. The van der Waals surface area contributed by atoms with Crippen LogP contribution in [-0.4, -0.2) is 50.0 Å². The molecule has 0 bridgehead atoms. The molecule has 0 atom stereocenters. The standard InChI is InChI=1S/C22H29N5O/c1-16-5-4-6-20(17(16)2)26-11-13-27(14-12-26)22(24-3)25-15-18-7-9-19(10-8-18)21(23)28/h4-10H,11-15H2,1-3H3,(H2,23,28)(H,24,25). The topological polar surface area (TPSA) is 74.0 Å². The van der Waals surface area contributed by atoms with E-state index >= 15 is 0 Å². The number of carbonyl (C=O) groups is 1. The molecule has 148 valence electrons. The normalized spacial score (nSPS) is 14.9. The second kappa shape index (κ2) is 8.78. The largest absolute Gasteiger partial charge is 0.368 e. The Morgan fingerprint density at radius 1 is 1.07 bits per heavy atom. The highest BCUT2D eigenvalue weighted by molar-refractivity contribution is 5.92. The van der Waals surface area contributed by atoms with Crippen LogP contribution in [0.15, 0.2) is 47.5 Å². The van der Waals surface area contributed by atoms with E-state index in [0.29, 0.717) is 12.1 Å². The first-order valence-electron chi connectivity index (χ1n) is 9.65. The van der Waals surface area contributed by atoms with E-state index in [9.17, 15) is 4.79 Å². The lowest BCUT2D eigenvalue weighted by Gasteiger charge is -2.38. The predicted octanol–water partition coefficient (Wildman–Crippen LogP) is 2.30. The molecule has 2 aromatic rings. The molecule has 1 saturated heterocycles. The van der Waals surface area contributed by atoms with Crippen LogP contribution in [0.2, 0.25) is 0 Å². The summed E-state index contributed by atoms with van der Waals surface area (Å²) in [5, 5.41) is 3.42. The van der Waals surface area contributed by atoms with Gasteiger partial charge in [0.05, 0.1) is 0 Å². The zero-order valence-electron chi connectivity index (χ0n) is 16.9. The maximum absolute atomic E-state index is 11.2. The van der Waals surface area contributed by atoms with Crippen LogP contribution < -0.4 is 16.0 Å². The summed E-state index contributed by atoms with van der Waals surface area (Å²) >= 11 is 0. The van der Waals surface area contributed by atoms with Crippen molar-refractivity contribution in [2.75, 3.05) is 38.1 Å². The molecule has 0 spiro atoms. The summed E-state index contributed by atoms with van der Waals surface area (Å²) in [6.45, 7) is 8.80. The van der Waals surface area contributed by atoms with Crippen molar-refractivity contribution < 1.29 is 4.79 Å². The fourth-order valence-corrected chi connectivity index (χ4v) is 3.54. The van der Waals surface area contributed by atoms with Gasteiger partial charge in [-0.3, -0.25) is 9.79 Å². The maximum atomic E-state index is 11.2. The van der Waals surface area contributed by atoms with Crippen LogP contribution in [0.5, 0.6) is 0 Å². The first-order valence-corrected chi connectivity index (χ1v) is 9.65. The third kappa shape index (κ3) is 4.44. The molecule has 0 radical (unpaired) electrons. The predicted molar refractivity (Wildman–Crippen MR) is 115 cm³/mol. The fraction of sp³-hybridized carbons (Fsp3) is 0.364.